The first kappa shape index (κ1) is 13.3. The number of amides is 2. The van der Waals surface area contributed by atoms with Crippen LogP contribution in [0.15, 0.2) is 24.3 Å². The lowest BCUT2D eigenvalue weighted by Gasteiger charge is -2.07. The van der Waals surface area contributed by atoms with Crippen LogP contribution in [0.25, 0.3) is 0 Å². The van der Waals surface area contributed by atoms with Gasteiger partial charge in [0.25, 0.3) is 0 Å². The molecule has 0 radical (unpaired) electrons. The second-order valence-corrected chi connectivity index (χ2v) is 3.45. The molecule has 0 aromatic heterocycles. The Bertz CT molecular complexity index is 338. The number of ether oxygens (including phenoxy) is 2. The van der Waals surface area contributed by atoms with Crippen molar-refractivity contribution in [2.45, 2.75) is 6.54 Å². The Morgan fingerprint density at radius 3 is 2.47 bits per heavy atom. The van der Waals surface area contributed by atoms with E-state index in [-0.39, 0.29) is 6.03 Å². The Balaban J connectivity index is 2.27. The van der Waals surface area contributed by atoms with Crippen molar-refractivity contribution in [1.82, 2.24) is 10.6 Å². The van der Waals surface area contributed by atoms with Crippen LogP contribution >= 0.6 is 0 Å². The van der Waals surface area contributed by atoms with Gasteiger partial charge in [-0.25, -0.2) is 4.79 Å². The SMILES string of the molecule is COCCNC(=O)NCc1ccc(OC)cc1. The molecule has 2 N–H and O–H groups in total. The minimum Gasteiger partial charge on any atom is -0.497 e. The van der Waals surface area contributed by atoms with Crippen LogP contribution < -0.4 is 15.4 Å². The van der Waals surface area contributed by atoms with E-state index in [2.05, 4.69) is 10.6 Å². The van der Waals surface area contributed by atoms with E-state index in [1.54, 1.807) is 14.2 Å². The van der Waals surface area contributed by atoms with E-state index in [1.165, 1.54) is 0 Å². The largest absolute Gasteiger partial charge is 0.497 e. The van der Waals surface area contributed by atoms with Crippen molar-refractivity contribution < 1.29 is 14.3 Å². The Kier molecular flexibility index (Phi) is 5.88. The van der Waals surface area contributed by atoms with Gasteiger partial charge in [0.15, 0.2) is 0 Å². The predicted octanol–water partition coefficient (Wildman–Crippen LogP) is 1.14. The zero-order valence-electron chi connectivity index (χ0n) is 10.2. The molecule has 5 heteroatoms. The highest BCUT2D eigenvalue weighted by Gasteiger charge is 1.99. The molecule has 0 fully saturated rings. The quantitative estimate of drug-likeness (QED) is 0.731. The Morgan fingerprint density at radius 1 is 1.18 bits per heavy atom. The van der Waals surface area contributed by atoms with E-state index in [1.807, 2.05) is 24.3 Å². The van der Waals surface area contributed by atoms with Crippen molar-refractivity contribution in [2.24, 2.45) is 0 Å². The van der Waals surface area contributed by atoms with Crippen LogP contribution in [0.3, 0.4) is 0 Å². The highest BCUT2D eigenvalue weighted by atomic mass is 16.5. The summed E-state index contributed by atoms with van der Waals surface area (Å²) in [6.07, 6.45) is 0. The van der Waals surface area contributed by atoms with Crippen molar-refractivity contribution in [3.8, 4) is 5.75 Å². The molecule has 0 aliphatic heterocycles. The summed E-state index contributed by atoms with van der Waals surface area (Å²) in [5, 5.41) is 5.43. The van der Waals surface area contributed by atoms with Gasteiger partial charge >= 0.3 is 6.03 Å². The summed E-state index contributed by atoms with van der Waals surface area (Å²) >= 11 is 0. The fourth-order valence-corrected chi connectivity index (χ4v) is 1.25. The van der Waals surface area contributed by atoms with Crippen LogP contribution in [-0.4, -0.2) is 33.4 Å². The van der Waals surface area contributed by atoms with Crippen molar-refractivity contribution >= 4 is 6.03 Å². The average Bonchev–Trinajstić information content (AvgIpc) is 2.37. The standard InChI is InChI=1S/C12H18N2O3/c1-16-8-7-13-12(15)14-9-10-3-5-11(17-2)6-4-10/h3-6H,7-9H2,1-2H3,(H2,13,14,15). The topological polar surface area (TPSA) is 59.6 Å². The molecule has 0 bridgehead atoms. The number of urea groups is 1. The highest BCUT2D eigenvalue weighted by Crippen LogP contribution is 2.10. The van der Waals surface area contributed by atoms with Crippen LogP contribution in [0.1, 0.15) is 5.56 Å². The van der Waals surface area contributed by atoms with Crippen LogP contribution in [-0.2, 0) is 11.3 Å². The number of hydrogen-bond acceptors (Lipinski definition) is 3. The van der Waals surface area contributed by atoms with E-state index in [9.17, 15) is 4.79 Å². The van der Waals surface area contributed by atoms with Gasteiger partial charge in [-0.05, 0) is 17.7 Å². The van der Waals surface area contributed by atoms with Gasteiger partial charge in [-0.15, -0.1) is 0 Å². The number of rotatable bonds is 6. The predicted molar refractivity (Wildman–Crippen MR) is 65.1 cm³/mol. The first-order valence-corrected chi connectivity index (χ1v) is 5.40. The fourth-order valence-electron chi connectivity index (χ4n) is 1.25. The molecule has 1 aromatic carbocycles. The highest BCUT2D eigenvalue weighted by molar-refractivity contribution is 5.73. The Labute approximate surface area is 101 Å². The third-order valence-corrected chi connectivity index (χ3v) is 2.20. The third kappa shape index (κ3) is 5.21. The minimum absolute atomic E-state index is 0.196. The average molecular weight is 238 g/mol. The molecular weight excluding hydrogens is 220 g/mol. The lowest BCUT2D eigenvalue weighted by molar-refractivity contribution is 0.196. The van der Waals surface area contributed by atoms with Crippen molar-refractivity contribution in [3.05, 3.63) is 29.8 Å². The van der Waals surface area contributed by atoms with Gasteiger partial charge in [-0.2, -0.15) is 0 Å². The van der Waals surface area contributed by atoms with Gasteiger partial charge in [0.05, 0.1) is 13.7 Å². The number of benzene rings is 1. The molecule has 0 aliphatic carbocycles. The molecule has 0 saturated carbocycles. The molecule has 0 atom stereocenters. The number of carbonyl (C=O) groups excluding carboxylic acids is 1. The Morgan fingerprint density at radius 2 is 1.88 bits per heavy atom. The number of nitrogens with one attached hydrogen (secondary N) is 2. The molecule has 0 saturated heterocycles. The van der Waals surface area contributed by atoms with Crippen LogP contribution in [0, 0.1) is 0 Å². The molecule has 0 spiro atoms. The summed E-state index contributed by atoms with van der Waals surface area (Å²) in [4.78, 5) is 11.3. The molecule has 5 nitrogen and oxygen atoms in total. The zero-order chi connectivity index (χ0) is 12.5. The van der Waals surface area contributed by atoms with Gasteiger partial charge in [0, 0.05) is 20.2 Å². The first-order chi connectivity index (χ1) is 8.26. The summed E-state index contributed by atoms with van der Waals surface area (Å²) in [6, 6.07) is 7.35. The summed E-state index contributed by atoms with van der Waals surface area (Å²) in [5.41, 5.74) is 1.02. The number of carbonyl (C=O) groups is 1. The van der Waals surface area contributed by atoms with Gasteiger partial charge in [0.2, 0.25) is 0 Å². The lowest BCUT2D eigenvalue weighted by atomic mass is 10.2. The van der Waals surface area contributed by atoms with Gasteiger partial charge in [-0.3, -0.25) is 0 Å². The van der Waals surface area contributed by atoms with Gasteiger partial charge in [-0.1, -0.05) is 12.1 Å². The second-order valence-electron chi connectivity index (χ2n) is 3.45. The van der Waals surface area contributed by atoms with Crippen LogP contribution in [0.2, 0.25) is 0 Å². The molecule has 1 rings (SSSR count). The molecule has 2 amide bonds. The van der Waals surface area contributed by atoms with E-state index >= 15 is 0 Å². The minimum atomic E-state index is -0.196. The fraction of sp³-hybridized carbons (Fsp3) is 0.417. The third-order valence-electron chi connectivity index (χ3n) is 2.20. The molecule has 1 aromatic rings. The lowest BCUT2D eigenvalue weighted by Crippen LogP contribution is -2.36. The van der Waals surface area contributed by atoms with E-state index in [0.29, 0.717) is 19.7 Å². The van der Waals surface area contributed by atoms with Crippen molar-refractivity contribution in [2.75, 3.05) is 27.4 Å². The molecular formula is C12H18N2O3. The van der Waals surface area contributed by atoms with Crippen molar-refractivity contribution in [1.29, 1.82) is 0 Å². The monoisotopic (exact) mass is 238 g/mol. The smallest absolute Gasteiger partial charge is 0.315 e. The van der Waals surface area contributed by atoms with E-state index < -0.39 is 0 Å². The Hall–Kier alpha value is -1.75. The van der Waals surface area contributed by atoms with E-state index in [4.69, 9.17) is 9.47 Å². The molecule has 0 unspecified atom stereocenters. The maximum atomic E-state index is 11.3. The summed E-state index contributed by atoms with van der Waals surface area (Å²) in [7, 11) is 3.22. The van der Waals surface area contributed by atoms with E-state index in [0.717, 1.165) is 11.3 Å². The summed E-state index contributed by atoms with van der Waals surface area (Å²) in [6.45, 7) is 1.50. The summed E-state index contributed by atoms with van der Waals surface area (Å²) in [5.74, 6) is 0.804. The maximum absolute atomic E-state index is 11.3. The van der Waals surface area contributed by atoms with Crippen molar-refractivity contribution in [3.63, 3.8) is 0 Å². The van der Waals surface area contributed by atoms with Gasteiger partial charge < -0.3 is 20.1 Å². The number of hydrogen-bond donors (Lipinski definition) is 2. The zero-order valence-corrected chi connectivity index (χ0v) is 10.2. The molecule has 94 valence electrons. The van der Waals surface area contributed by atoms with Crippen LogP contribution in [0.4, 0.5) is 4.79 Å². The second kappa shape index (κ2) is 7.51. The maximum Gasteiger partial charge on any atom is 0.315 e. The normalized spacial score (nSPS) is 9.76. The summed E-state index contributed by atoms with van der Waals surface area (Å²) < 4.78 is 9.87. The first-order valence-electron chi connectivity index (χ1n) is 5.40. The van der Waals surface area contributed by atoms with Gasteiger partial charge in [0.1, 0.15) is 5.75 Å². The van der Waals surface area contributed by atoms with Crippen LogP contribution in [0.5, 0.6) is 5.75 Å². The number of methoxy groups -OCH3 is 2. The molecule has 0 aliphatic rings. The molecule has 17 heavy (non-hydrogen) atoms. The molecule has 0 heterocycles.